The minimum absolute atomic E-state index is 0. The molecule has 0 radical (unpaired) electrons. The molecule has 12 nitrogen and oxygen atoms in total. The highest BCUT2D eigenvalue weighted by atomic mass is 35.5. The lowest BCUT2D eigenvalue weighted by Crippen LogP contribution is -2.50. The minimum Gasteiger partial charge on any atom is -0.497 e. The van der Waals surface area contributed by atoms with Crippen molar-refractivity contribution < 1.29 is 19.1 Å². The number of pyridine rings is 2. The second-order valence-corrected chi connectivity index (χ2v) is 16.9. The third kappa shape index (κ3) is 13.8. The summed E-state index contributed by atoms with van der Waals surface area (Å²) in [5.74, 6) is 1.32. The lowest BCUT2D eigenvalue weighted by atomic mass is 9.91. The molecule has 2 aromatic heterocycles. The molecule has 3 atom stereocenters. The summed E-state index contributed by atoms with van der Waals surface area (Å²) >= 11 is 0. The summed E-state index contributed by atoms with van der Waals surface area (Å²) in [6.45, 7) is 18.6. The monoisotopic (exact) mass is 806 g/mol. The summed E-state index contributed by atoms with van der Waals surface area (Å²) < 4.78 is 11.1. The van der Waals surface area contributed by atoms with Crippen LogP contribution in [0.2, 0.25) is 0 Å². The summed E-state index contributed by atoms with van der Waals surface area (Å²) in [5.41, 5.74) is 11.3. The van der Waals surface area contributed by atoms with Gasteiger partial charge in [-0.3, -0.25) is 14.8 Å². The largest absolute Gasteiger partial charge is 0.497 e. The Labute approximate surface area is 346 Å². The molecule has 0 saturated carbocycles. The zero-order valence-corrected chi connectivity index (χ0v) is 36.5. The molecule has 0 fully saturated rings. The van der Waals surface area contributed by atoms with Crippen LogP contribution in [0, 0.1) is 0 Å². The normalized spacial score (nSPS) is 13.2. The number of fused-ring (bicyclic) bond motifs is 2. The maximum absolute atomic E-state index is 13.2. The Hall–Kier alpha value is -4.55. The number of anilines is 2. The number of halogens is 1. The fourth-order valence-electron chi connectivity index (χ4n) is 6.54. The lowest BCUT2D eigenvalue weighted by molar-refractivity contribution is -0.123. The first-order valence-electron chi connectivity index (χ1n) is 20.1. The Kier molecular flexibility index (Phi) is 17.5. The van der Waals surface area contributed by atoms with E-state index in [0.717, 1.165) is 81.8 Å². The van der Waals surface area contributed by atoms with Crippen molar-refractivity contribution in [2.45, 2.75) is 123 Å². The van der Waals surface area contributed by atoms with Crippen LogP contribution >= 0.6 is 12.4 Å². The van der Waals surface area contributed by atoms with Crippen LogP contribution in [0.5, 0.6) is 11.5 Å². The van der Waals surface area contributed by atoms with Gasteiger partial charge >= 0.3 is 6.03 Å². The van der Waals surface area contributed by atoms with Gasteiger partial charge in [0.25, 0.3) is 0 Å². The van der Waals surface area contributed by atoms with E-state index in [9.17, 15) is 9.59 Å². The smallest absolute Gasteiger partial charge is 0.315 e. The van der Waals surface area contributed by atoms with Crippen LogP contribution in [0.25, 0.3) is 21.8 Å². The standard InChI is InChI=1S/C44H66N8O4.ClH/c1-28(48-35-26-32(55-9)24-30-17-19-37(43(3,4)5)51-39(30)35)14-12-22-46-41(53)34(16-11-21-45)50-42(54)47-23-13-15-29(2)49-36-27-33(56-10)25-31-18-20-38(44(6,7)8)52-40(31)36;/h17-20,24-29,34,48-49H,11-16,21-23,45H2,1-10H3,(H,46,53)(H2,47,50,54);1H/t28?,29?,34-;/m1./s1. The molecule has 57 heavy (non-hydrogen) atoms. The first-order chi connectivity index (χ1) is 26.5. The molecule has 7 N–H and O–H groups in total. The molecule has 0 aliphatic carbocycles. The number of methoxy groups -OCH3 is 2. The van der Waals surface area contributed by atoms with Gasteiger partial charge in [-0.1, -0.05) is 53.7 Å². The molecule has 13 heteroatoms. The van der Waals surface area contributed by atoms with E-state index in [1.54, 1.807) is 14.2 Å². The van der Waals surface area contributed by atoms with Gasteiger partial charge in [-0.25, -0.2) is 4.79 Å². The summed E-state index contributed by atoms with van der Waals surface area (Å²) in [7, 11) is 3.33. The van der Waals surface area contributed by atoms with Crippen LogP contribution in [0.4, 0.5) is 16.2 Å². The van der Waals surface area contributed by atoms with Gasteiger partial charge in [0.15, 0.2) is 0 Å². The first-order valence-corrected chi connectivity index (χ1v) is 20.1. The molecule has 2 unspecified atom stereocenters. The number of nitrogens with zero attached hydrogens (tertiary/aromatic N) is 2. The number of aromatic nitrogens is 2. The number of hydrogen-bond donors (Lipinski definition) is 6. The third-order valence-corrected chi connectivity index (χ3v) is 9.88. The fourth-order valence-corrected chi connectivity index (χ4v) is 6.54. The summed E-state index contributed by atoms with van der Waals surface area (Å²) in [6, 6.07) is 15.5. The van der Waals surface area contributed by atoms with Crippen molar-refractivity contribution in [3.8, 4) is 11.5 Å². The Morgan fingerprint density at radius 1 is 0.684 bits per heavy atom. The molecule has 2 aromatic carbocycles. The van der Waals surface area contributed by atoms with Crippen molar-refractivity contribution in [2.75, 3.05) is 44.5 Å². The van der Waals surface area contributed by atoms with E-state index in [-0.39, 0.29) is 47.3 Å². The van der Waals surface area contributed by atoms with Crippen molar-refractivity contribution in [3.05, 3.63) is 59.9 Å². The van der Waals surface area contributed by atoms with E-state index in [1.165, 1.54) is 0 Å². The molecule has 314 valence electrons. The van der Waals surface area contributed by atoms with Gasteiger partial charge in [-0.15, -0.1) is 12.4 Å². The maximum atomic E-state index is 13.2. The predicted molar refractivity (Wildman–Crippen MR) is 237 cm³/mol. The number of benzene rings is 2. The quantitative estimate of drug-likeness (QED) is 0.0513. The second-order valence-electron chi connectivity index (χ2n) is 16.9. The minimum atomic E-state index is -0.673. The Balaban J connectivity index is 0.00000870. The van der Waals surface area contributed by atoms with Gasteiger partial charge in [0, 0.05) is 70.3 Å². The summed E-state index contributed by atoms with van der Waals surface area (Å²) in [4.78, 5) is 36.1. The SMILES string of the molecule is COc1cc(NC(C)CCCNC(=O)N[C@H](CCCN)C(=O)NCCCC(C)Nc2cc(OC)cc3ccc(C(C)(C)C)nc23)c2nc(C(C)(C)C)ccc2c1.Cl. The highest BCUT2D eigenvalue weighted by Gasteiger charge is 2.22. The van der Waals surface area contributed by atoms with Crippen LogP contribution in [0.15, 0.2) is 48.5 Å². The van der Waals surface area contributed by atoms with Gasteiger partial charge < -0.3 is 41.8 Å². The van der Waals surface area contributed by atoms with Gasteiger partial charge in [0.05, 0.1) is 36.6 Å². The number of hydrogen-bond acceptors (Lipinski definition) is 9. The van der Waals surface area contributed by atoms with Crippen molar-refractivity contribution in [3.63, 3.8) is 0 Å². The number of amides is 3. The zero-order valence-electron chi connectivity index (χ0n) is 35.7. The average molecular weight is 808 g/mol. The van der Waals surface area contributed by atoms with Crippen LogP contribution in [-0.2, 0) is 15.6 Å². The molecular weight excluding hydrogens is 740 g/mol. The van der Waals surface area contributed by atoms with Crippen molar-refractivity contribution >= 4 is 57.5 Å². The number of carbonyl (C=O) groups is 2. The number of ether oxygens (including phenoxy) is 2. The van der Waals surface area contributed by atoms with Gasteiger partial charge in [0.2, 0.25) is 5.91 Å². The molecule has 0 spiro atoms. The maximum Gasteiger partial charge on any atom is 0.315 e. The van der Waals surface area contributed by atoms with Crippen molar-refractivity contribution in [1.29, 1.82) is 0 Å². The molecule has 0 aliphatic heterocycles. The summed E-state index contributed by atoms with van der Waals surface area (Å²) in [6.07, 6.45) is 4.20. The molecule has 0 aliphatic rings. The third-order valence-electron chi connectivity index (χ3n) is 9.88. The number of carbonyl (C=O) groups excluding carboxylic acids is 2. The van der Waals surface area contributed by atoms with Crippen LogP contribution in [-0.4, -0.2) is 73.9 Å². The fraction of sp³-hybridized carbons (Fsp3) is 0.545. The number of nitrogens with one attached hydrogen (secondary N) is 5. The number of nitrogens with two attached hydrogens (primary N) is 1. The topological polar surface area (TPSA) is 165 Å². The highest BCUT2D eigenvalue weighted by Crippen LogP contribution is 2.33. The van der Waals surface area contributed by atoms with E-state index in [2.05, 4.69) is 106 Å². The van der Waals surface area contributed by atoms with E-state index in [1.807, 2.05) is 24.3 Å². The van der Waals surface area contributed by atoms with Gasteiger partial charge in [-0.2, -0.15) is 0 Å². The van der Waals surface area contributed by atoms with E-state index in [0.29, 0.717) is 32.5 Å². The molecule has 2 heterocycles. The number of rotatable bonds is 19. The predicted octanol–water partition coefficient (Wildman–Crippen LogP) is 8.20. The van der Waals surface area contributed by atoms with Gasteiger partial charge in [-0.05, 0) is 83.2 Å². The van der Waals surface area contributed by atoms with Crippen LogP contribution < -0.4 is 41.8 Å². The second kappa shape index (κ2) is 21.3. The average Bonchev–Trinajstić information content (AvgIpc) is 3.15. The van der Waals surface area contributed by atoms with Crippen LogP contribution in [0.3, 0.4) is 0 Å². The first kappa shape index (κ1) is 46.8. The number of urea groups is 1. The molecule has 0 saturated heterocycles. The Morgan fingerprint density at radius 2 is 1.14 bits per heavy atom. The van der Waals surface area contributed by atoms with E-state index >= 15 is 0 Å². The summed E-state index contributed by atoms with van der Waals surface area (Å²) in [5, 5.41) is 18.1. The van der Waals surface area contributed by atoms with Crippen molar-refractivity contribution in [1.82, 2.24) is 25.9 Å². The molecular formula is C44H67ClN8O4. The Bertz CT molecular complexity index is 1930. The van der Waals surface area contributed by atoms with Crippen molar-refractivity contribution in [2.24, 2.45) is 5.73 Å². The van der Waals surface area contributed by atoms with Crippen LogP contribution in [0.1, 0.15) is 105 Å². The molecule has 4 aromatic rings. The Morgan fingerprint density at radius 3 is 1.56 bits per heavy atom. The zero-order chi connectivity index (χ0) is 41.0. The van der Waals surface area contributed by atoms with E-state index < -0.39 is 6.04 Å². The molecule has 4 rings (SSSR count). The highest BCUT2D eigenvalue weighted by molar-refractivity contribution is 5.93. The molecule has 3 amide bonds. The lowest BCUT2D eigenvalue weighted by Gasteiger charge is -2.22. The van der Waals surface area contributed by atoms with Gasteiger partial charge in [0.1, 0.15) is 17.5 Å². The van der Waals surface area contributed by atoms with E-state index in [4.69, 9.17) is 25.2 Å². The molecule has 0 bridgehead atoms.